The highest BCUT2D eigenvalue weighted by molar-refractivity contribution is 6.17. The molecule has 0 bridgehead atoms. The first-order valence-corrected chi connectivity index (χ1v) is 6.96. The zero-order valence-corrected chi connectivity index (χ0v) is 11.5. The molecule has 0 N–H and O–H groups in total. The lowest BCUT2D eigenvalue weighted by molar-refractivity contribution is -0.183. The molecule has 0 saturated carbocycles. The van der Waals surface area contributed by atoms with Crippen LogP contribution in [0.5, 0.6) is 0 Å². The van der Waals surface area contributed by atoms with Crippen LogP contribution >= 0.6 is 11.6 Å². The van der Waals surface area contributed by atoms with E-state index in [-0.39, 0.29) is 31.8 Å². The summed E-state index contributed by atoms with van der Waals surface area (Å²) in [5.74, 6) is -1.14. The minimum atomic E-state index is -4.16. The predicted molar refractivity (Wildman–Crippen MR) is 70.7 cm³/mol. The molecule has 0 radical (unpaired) electrons. The second-order valence-electron chi connectivity index (χ2n) is 4.94. The summed E-state index contributed by atoms with van der Waals surface area (Å²) in [5.41, 5.74) is 1.39. The largest absolute Gasteiger partial charge is 0.391 e. The van der Waals surface area contributed by atoms with E-state index in [0.29, 0.717) is 11.4 Å². The Bertz CT molecular complexity index is 464. The Morgan fingerprint density at radius 3 is 2.20 bits per heavy atom. The number of carbonyl (C=O) groups is 1. The van der Waals surface area contributed by atoms with Gasteiger partial charge in [-0.3, -0.25) is 4.79 Å². The van der Waals surface area contributed by atoms with Gasteiger partial charge in [-0.25, -0.2) is 0 Å². The summed E-state index contributed by atoms with van der Waals surface area (Å²) in [6.45, 7) is 0.306. The predicted octanol–water partition coefficient (Wildman–Crippen LogP) is 3.84. The molecule has 1 aromatic rings. The quantitative estimate of drug-likeness (QED) is 0.760. The Hall–Kier alpha value is -1.23. The van der Waals surface area contributed by atoms with E-state index in [9.17, 15) is 18.0 Å². The molecule has 0 spiro atoms. The molecule has 0 aromatic heterocycles. The number of piperidine rings is 1. The van der Waals surface area contributed by atoms with Gasteiger partial charge in [-0.05, 0) is 30.5 Å². The molecule has 110 valence electrons. The number of carbonyl (C=O) groups excluding carboxylic acids is 1. The summed E-state index contributed by atoms with van der Waals surface area (Å²) in [6, 6.07) is 6.83. The molecule has 2 nitrogen and oxygen atoms in total. The number of hydrogen-bond acceptors (Lipinski definition) is 1. The van der Waals surface area contributed by atoms with Crippen molar-refractivity contribution in [2.24, 2.45) is 5.92 Å². The molecule has 2 rings (SSSR count). The van der Waals surface area contributed by atoms with Crippen LogP contribution in [-0.4, -0.2) is 30.1 Å². The van der Waals surface area contributed by atoms with Gasteiger partial charge in [0.1, 0.15) is 0 Å². The standard InChI is InChI=1S/C14H15ClF3NO/c15-9-10-1-3-11(4-2-10)13(20)19-7-5-12(6-8-19)14(16,17)18/h1-4,12H,5-9H2. The van der Waals surface area contributed by atoms with E-state index in [1.807, 2.05) is 0 Å². The number of halogens is 4. The van der Waals surface area contributed by atoms with Crippen molar-refractivity contribution < 1.29 is 18.0 Å². The molecular formula is C14H15ClF3NO. The average Bonchev–Trinajstić information content (AvgIpc) is 2.46. The Morgan fingerprint density at radius 1 is 1.20 bits per heavy atom. The molecule has 6 heteroatoms. The van der Waals surface area contributed by atoms with Crippen molar-refractivity contribution in [2.75, 3.05) is 13.1 Å². The van der Waals surface area contributed by atoms with Gasteiger partial charge in [-0.2, -0.15) is 13.2 Å². The molecule has 1 aromatic carbocycles. The van der Waals surface area contributed by atoms with Crippen molar-refractivity contribution in [1.82, 2.24) is 4.90 Å². The fraction of sp³-hybridized carbons (Fsp3) is 0.500. The van der Waals surface area contributed by atoms with Gasteiger partial charge < -0.3 is 4.90 Å². The normalized spacial score (nSPS) is 17.3. The Morgan fingerprint density at radius 2 is 1.75 bits per heavy atom. The molecule has 0 atom stereocenters. The van der Waals surface area contributed by atoms with Crippen LogP contribution in [0.4, 0.5) is 13.2 Å². The molecule has 1 amide bonds. The molecule has 1 heterocycles. The number of amides is 1. The smallest absolute Gasteiger partial charge is 0.339 e. The SMILES string of the molecule is O=C(c1ccc(CCl)cc1)N1CCC(C(F)(F)F)CC1. The summed E-state index contributed by atoms with van der Waals surface area (Å²) in [5, 5.41) is 0. The lowest BCUT2D eigenvalue weighted by Crippen LogP contribution is -2.42. The summed E-state index contributed by atoms with van der Waals surface area (Å²) in [6.07, 6.45) is -4.19. The van der Waals surface area contributed by atoms with Crippen LogP contribution in [0.25, 0.3) is 0 Å². The fourth-order valence-electron chi connectivity index (χ4n) is 2.33. The maximum Gasteiger partial charge on any atom is 0.391 e. The van der Waals surface area contributed by atoms with Crippen LogP contribution in [-0.2, 0) is 5.88 Å². The molecule has 20 heavy (non-hydrogen) atoms. The number of nitrogens with zero attached hydrogens (tertiary/aromatic N) is 1. The number of benzene rings is 1. The maximum atomic E-state index is 12.6. The number of rotatable bonds is 2. The molecule has 1 saturated heterocycles. The van der Waals surface area contributed by atoms with E-state index in [1.165, 1.54) is 4.90 Å². The second kappa shape index (κ2) is 6.04. The summed E-state index contributed by atoms with van der Waals surface area (Å²) >= 11 is 5.66. The van der Waals surface area contributed by atoms with E-state index < -0.39 is 12.1 Å². The van der Waals surface area contributed by atoms with Gasteiger partial charge >= 0.3 is 6.18 Å². The molecule has 1 aliphatic rings. The van der Waals surface area contributed by atoms with Gasteiger partial charge in [0.25, 0.3) is 5.91 Å². The minimum absolute atomic E-state index is 0.0188. The zero-order valence-electron chi connectivity index (χ0n) is 10.8. The summed E-state index contributed by atoms with van der Waals surface area (Å²) in [7, 11) is 0. The lowest BCUT2D eigenvalue weighted by atomic mass is 9.96. The van der Waals surface area contributed by atoms with Gasteiger partial charge in [-0.1, -0.05) is 12.1 Å². The van der Waals surface area contributed by atoms with E-state index in [4.69, 9.17) is 11.6 Å². The summed E-state index contributed by atoms with van der Waals surface area (Å²) in [4.78, 5) is 13.7. The number of hydrogen-bond donors (Lipinski definition) is 0. The first kappa shape index (κ1) is 15.2. The molecule has 0 aliphatic carbocycles. The summed E-state index contributed by atoms with van der Waals surface area (Å²) < 4.78 is 37.7. The van der Waals surface area contributed by atoms with Crippen molar-refractivity contribution in [2.45, 2.75) is 24.9 Å². The lowest BCUT2D eigenvalue weighted by Gasteiger charge is -2.33. The van der Waals surface area contributed by atoms with Gasteiger partial charge in [0.2, 0.25) is 0 Å². The van der Waals surface area contributed by atoms with E-state index in [1.54, 1.807) is 24.3 Å². The molecule has 1 fully saturated rings. The van der Waals surface area contributed by atoms with E-state index in [0.717, 1.165) is 5.56 Å². The first-order chi connectivity index (χ1) is 9.41. The molecule has 1 aliphatic heterocycles. The third kappa shape index (κ3) is 3.45. The maximum absolute atomic E-state index is 12.6. The van der Waals surface area contributed by atoms with Crippen LogP contribution in [0, 0.1) is 5.92 Å². The highest BCUT2D eigenvalue weighted by Crippen LogP contribution is 2.34. The van der Waals surface area contributed by atoms with E-state index in [2.05, 4.69) is 0 Å². The van der Waals surface area contributed by atoms with Gasteiger partial charge in [0, 0.05) is 24.5 Å². The van der Waals surface area contributed by atoms with Crippen LogP contribution in [0.15, 0.2) is 24.3 Å². The highest BCUT2D eigenvalue weighted by atomic mass is 35.5. The number of alkyl halides is 4. The van der Waals surface area contributed by atoms with Gasteiger partial charge in [0.15, 0.2) is 0 Å². The van der Waals surface area contributed by atoms with Crippen LogP contribution in [0.3, 0.4) is 0 Å². The van der Waals surface area contributed by atoms with Crippen molar-refractivity contribution >= 4 is 17.5 Å². The second-order valence-corrected chi connectivity index (χ2v) is 5.21. The van der Waals surface area contributed by atoms with Gasteiger partial charge in [0.05, 0.1) is 5.92 Å². The van der Waals surface area contributed by atoms with Crippen LogP contribution in [0.1, 0.15) is 28.8 Å². The first-order valence-electron chi connectivity index (χ1n) is 6.42. The topological polar surface area (TPSA) is 20.3 Å². The van der Waals surface area contributed by atoms with Gasteiger partial charge in [-0.15, -0.1) is 11.6 Å². The average molecular weight is 306 g/mol. The molecular weight excluding hydrogens is 291 g/mol. The monoisotopic (exact) mass is 305 g/mol. The van der Waals surface area contributed by atoms with Crippen molar-refractivity contribution in [1.29, 1.82) is 0 Å². The van der Waals surface area contributed by atoms with Crippen LogP contribution < -0.4 is 0 Å². The number of likely N-dealkylation sites (tertiary alicyclic amines) is 1. The third-order valence-corrected chi connectivity index (χ3v) is 3.91. The highest BCUT2D eigenvalue weighted by Gasteiger charge is 2.41. The van der Waals surface area contributed by atoms with Crippen molar-refractivity contribution in [3.05, 3.63) is 35.4 Å². The van der Waals surface area contributed by atoms with Crippen LogP contribution in [0.2, 0.25) is 0 Å². The fourth-order valence-corrected chi connectivity index (χ4v) is 2.51. The minimum Gasteiger partial charge on any atom is -0.339 e. The van der Waals surface area contributed by atoms with Crippen molar-refractivity contribution in [3.63, 3.8) is 0 Å². The third-order valence-electron chi connectivity index (χ3n) is 3.60. The zero-order chi connectivity index (χ0) is 14.8. The Labute approximate surface area is 120 Å². The Balaban J connectivity index is 1.97. The molecule has 0 unspecified atom stereocenters. The Kier molecular flexibility index (Phi) is 4.58. The van der Waals surface area contributed by atoms with Crippen molar-refractivity contribution in [3.8, 4) is 0 Å². The van der Waals surface area contributed by atoms with E-state index >= 15 is 0 Å².